The minimum atomic E-state index is -0.874. The van der Waals surface area contributed by atoms with Crippen LogP contribution < -0.4 is 10.9 Å². The van der Waals surface area contributed by atoms with E-state index in [0.717, 1.165) is 0 Å². The Balaban J connectivity index is 2.68. The van der Waals surface area contributed by atoms with Crippen LogP contribution in [0, 0.1) is 0 Å². The third kappa shape index (κ3) is 2.93. The molecule has 4 heteroatoms. The maximum atomic E-state index is 5.85. The molecule has 0 aromatic heterocycles. The van der Waals surface area contributed by atoms with Gasteiger partial charge >= 0.3 is 0 Å². The van der Waals surface area contributed by atoms with Crippen molar-refractivity contribution in [2.45, 2.75) is 5.53 Å². The highest BCUT2D eigenvalue weighted by Crippen LogP contribution is 1.99. The van der Waals surface area contributed by atoms with Crippen LogP contribution in [0.1, 0.15) is 0 Å². The van der Waals surface area contributed by atoms with Gasteiger partial charge in [-0.3, -0.25) is 5.73 Å². The van der Waals surface area contributed by atoms with E-state index in [2.05, 4.69) is 0 Å². The van der Waals surface area contributed by atoms with E-state index in [1.54, 1.807) is 14.2 Å². The first-order chi connectivity index (χ1) is 6.20. The predicted octanol–water partition coefficient (Wildman–Crippen LogP) is -0.656. The SMILES string of the molecule is COC(N)(OC)[SiH2]c1ccccc1. The molecule has 0 saturated carbocycles. The van der Waals surface area contributed by atoms with Crippen molar-refractivity contribution in [1.29, 1.82) is 0 Å². The number of benzene rings is 1. The van der Waals surface area contributed by atoms with Crippen molar-refractivity contribution in [2.75, 3.05) is 14.2 Å². The third-order valence-corrected chi connectivity index (χ3v) is 3.93. The van der Waals surface area contributed by atoms with Crippen LogP contribution in [0.4, 0.5) is 0 Å². The molecule has 0 atom stereocenters. The van der Waals surface area contributed by atoms with Gasteiger partial charge in [0.2, 0.25) is 0 Å². The normalized spacial score (nSPS) is 12.5. The molecule has 72 valence electrons. The maximum Gasteiger partial charge on any atom is 0.199 e. The van der Waals surface area contributed by atoms with Gasteiger partial charge in [-0.2, -0.15) is 0 Å². The van der Waals surface area contributed by atoms with Crippen LogP contribution in [0.25, 0.3) is 0 Å². The molecule has 2 N–H and O–H groups in total. The zero-order chi connectivity index (χ0) is 9.73. The molecule has 0 heterocycles. The smallest absolute Gasteiger partial charge is 0.199 e. The van der Waals surface area contributed by atoms with Gasteiger partial charge in [0.25, 0.3) is 0 Å². The standard InChI is InChI=1S/C9H15NO2Si/c1-11-9(10,12-2)13-8-6-4-3-5-7-8/h3-7H,10,13H2,1-2H3. The molecule has 0 radical (unpaired) electrons. The number of ether oxygens (including phenoxy) is 2. The maximum absolute atomic E-state index is 5.85. The molecule has 0 aliphatic carbocycles. The van der Waals surface area contributed by atoms with Crippen LogP contribution in [0.5, 0.6) is 0 Å². The lowest BCUT2D eigenvalue weighted by atomic mass is 10.4. The van der Waals surface area contributed by atoms with E-state index in [1.807, 2.05) is 30.3 Å². The van der Waals surface area contributed by atoms with Gasteiger partial charge in [-0.05, 0) is 0 Å². The Labute approximate surface area is 80.7 Å². The fourth-order valence-electron chi connectivity index (χ4n) is 1.11. The first kappa shape index (κ1) is 10.4. The highest BCUT2D eigenvalue weighted by Gasteiger charge is 2.23. The van der Waals surface area contributed by atoms with Crippen molar-refractivity contribution in [3.8, 4) is 0 Å². The van der Waals surface area contributed by atoms with Gasteiger partial charge in [0.05, 0.1) is 0 Å². The number of hydrogen-bond acceptors (Lipinski definition) is 3. The number of methoxy groups -OCH3 is 2. The highest BCUT2D eigenvalue weighted by atomic mass is 28.2. The molecule has 3 nitrogen and oxygen atoms in total. The lowest BCUT2D eigenvalue weighted by Crippen LogP contribution is -2.53. The Bertz CT molecular complexity index is 249. The molecule has 0 aliphatic heterocycles. The molecule has 0 aliphatic rings. The van der Waals surface area contributed by atoms with Gasteiger partial charge in [-0.25, -0.2) is 0 Å². The third-order valence-electron chi connectivity index (χ3n) is 1.98. The van der Waals surface area contributed by atoms with Crippen LogP contribution in [0.15, 0.2) is 30.3 Å². The second-order valence-corrected chi connectivity index (χ2v) is 5.04. The van der Waals surface area contributed by atoms with Crippen LogP contribution in [0.3, 0.4) is 0 Å². The molecule has 0 spiro atoms. The summed E-state index contributed by atoms with van der Waals surface area (Å²) in [5.74, 6) is 0. The molecular formula is C9H15NO2Si. The molecule has 1 rings (SSSR count). The quantitative estimate of drug-likeness (QED) is 0.515. The molecule has 1 aromatic rings. The molecule has 0 bridgehead atoms. The average molecular weight is 197 g/mol. The predicted molar refractivity (Wildman–Crippen MR) is 55.6 cm³/mol. The number of nitrogens with two attached hydrogens (primary N) is 1. The Morgan fingerprint density at radius 1 is 1.15 bits per heavy atom. The van der Waals surface area contributed by atoms with Crippen LogP contribution in [-0.4, -0.2) is 29.3 Å². The fourth-order valence-corrected chi connectivity index (χ4v) is 2.47. The lowest BCUT2D eigenvalue weighted by molar-refractivity contribution is -0.138. The van der Waals surface area contributed by atoms with E-state index in [-0.39, 0.29) is 0 Å². The Morgan fingerprint density at radius 3 is 2.15 bits per heavy atom. The minimum absolute atomic E-state index is 0.761. The van der Waals surface area contributed by atoms with Gasteiger partial charge < -0.3 is 9.47 Å². The molecular weight excluding hydrogens is 182 g/mol. The van der Waals surface area contributed by atoms with Crippen LogP contribution in [-0.2, 0) is 9.47 Å². The summed E-state index contributed by atoms with van der Waals surface area (Å²) in [6.45, 7) is 0. The molecule has 0 unspecified atom stereocenters. The van der Waals surface area contributed by atoms with Gasteiger partial charge in [-0.1, -0.05) is 35.5 Å². The van der Waals surface area contributed by atoms with E-state index in [9.17, 15) is 0 Å². The summed E-state index contributed by atoms with van der Waals surface area (Å²) in [7, 11) is 2.38. The van der Waals surface area contributed by atoms with E-state index in [4.69, 9.17) is 15.2 Å². The second kappa shape index (κ2) is 4.52. The zero-order valence-electron chi connectivity index (χ0n) is 7.99. The minimum Gasteiger partial charge on any atom is -0.345 e. The Hall–Kier alpha value is -0.683. The van der Waals surface area contributed by atoms with Crippen molar-refractivity contribution >= 4 is 14.7 Å². The van der Waals surface area contributed by atoms with Crippen LogP contribution in [0.2, 0.25) is 0 Å². The summed E-state index contributed by atoms with van der Waals surface area (Å²) in [5, 5.41) is 1.23. The molecule has 0 fully saturated rings. The van der Waals surface area contributed by atoms with Crippen molar-refractivity contribution in [2.24, 2.45) is 5.73 Å². The van der Waals surface area contributed by atoms with Crippen molar-refractivity contribution in [3.05, 3.63) is 30.3 Å². The topological polar surface area (TPSA) is 44.5 Å². The summed E-state index contributed by atoms with van der Waals surface area (Å²) in [6, 6.07) is 10.1. The number of hydrogen-bond donors (Lipinski definition) is 1. The Morgan fingerprint density at radius 2 is 1.69 bits per heavy atom. The van der Waals surface area contributed by atoms with Gasteiger partial charge in [-0.15, -0.1) is 0 Å². The average Bonchev–Trinajstić information content (AvgIpc) is 2.19. The highest BCUT2D eigenvalue weighted by molar-refractivity contribution is 6.55. The monoisotopic (exact) mass is 197 g/mol. The lowest BCUT2D eigenvalue weighted by Gasteiger charge is -2.25. The zero-order valence-corrected chi connectivity index (χ0v) is 9.40. The summed E-state index contributed by atoms with van der Waals surface area (Å²) in [5.41, 5.74) is 4.97. The Kier molecular flexibility index (Phi) is 3.62. The summed E-state index contributed by atoms with van der Waals surface area (Å²) in [4.78, 5) is 0. The van der Waals surface area contributed by atoms with E-state index in [1.165, 1.54) is 5.19 Å². The summed E-state index contributed by atoms with van der Waals surface area (Å²) in [6.07, 6.45) is 0. The summed E-state index contributed by atoms with van der Waals surface area (Å²) < 4.78 is 10.2. The first-order valence-electron chi connectivity index (χ1n) is 4.13. The number of rotatable bonds is 4. The van der Waals surface area contributed by atoms with Gasteiger partial charge in [0, 0.05) is 14.2 Å². The molecule has 1 aromatic carbocycles. The van der Waals surface area contributed by atoms with Crippen molar-refractivity contribution in [1.82, 2.24) is 0 Å². The summed E-state index contributed by atoms with van der Waals surface area (Å²) >= 11 is 0. The largest absolute Gasteiger partial charge is 0.345 e. The molecule has 0 amide bonds. The van der Waals surface area contributed by atoms with Gasteiger partial charge in [0.15, 0.2) is 5.53 Å². The molecule has 13 heavy (non-hydrogen) atoms. The van der Waals surface area contributed by atoms with E-state index in [0.29, 0.717) is 0 Å². The van der Waals surface area contributed by atoms with E-state index < -0.39 is 15.1 Å². The van der Waals surface area contributed by atoms with E-state index >= 15 is 0 Å². The first-order valence-corrected chi connectivity index (χ1v) is 5.55. The molecule has 0 saturated heterocycles. The van der Waals surface area contributed by atoms with Crippen LogP contribution >= 0.6 is 0 Å². The fraction of sp³-hybridized carbons (Fsp3) is 0.333. The van der Waals surface area contributed by atoms with Gasteiger partial charge in [0.1, 0.15) is 9.52 Å². The van der Waals surface area contributed by atoms with Crippen molar-refractivity contribution in [3.63, 3.8) is 0 Å². The second-order valence-electron chi connectivity index (χ2n) is 2.88. The van der Waals surface area contributed by atoms with Crippen molar-refractivity contribution < 1.29 is 9.47 Å².